The number of alkyl halides is 1. The Bertz CT molecular complexity index is 915. The first-order valence-electron chi connectivity index (χ1n) is 9.75. The van der Waals surface area contributed by atoms with E-state index in [2.05, 4.69) is 21.2 Å². The highest BCUT2D eigenvalue weighted by atomic mass is 79.9. The summed E-state index contributed by atoms with van der Waals surface area (Å²) in [4.78, 5) is 39.6. The molecule has 2 rings (SSSR count). The van der Waals surface area contributed by atoms with E-state index in [-0.39, 0.29) is 19.0 Å². The zero-order valence-electron chi connectivity index (χ0n) is 17.7. The molecule has 166 valence electrons. The van der Waals surface area contributed by atoms with Gasteiger partial charge >= 0.3 is 5.97 Å². The summed E-state index contributed by atoms with van der Waals surface area (Å²) in [5, 5.41) is 2.86. The van der Waals surface area contributed by atoms with Crippen LogP contribution in [0.15, 0.2) is 59.1 Å². The lowest BCUT2D eigenvalue weighted by atomic mass is 10.1. The number of ether oxygens (including phenoxy) is 1. The number of amides is 2. The van der Waals surface area contributed by atoms with Crippen molar-refractivity contribution in [3.05, 3.63) is 70.2 Å². The Hall–Kier alpha value is -2.38. The van der Waals surface area contributed by atoms with Crippen molar-refractivity contribution in [1.29, 1.82) is 0 Å². The first kappa shape index (κ1) is 24.9. The van der Waals surface area contributed by atoms with Gasteiger partial charge in [-0.05, 0) is 44.5 Å². The van der Waals surface area contributed by atoms with Crippen LogP contribution in [0.4, 0.5) is 0 Å². The highest BCUT2D eigenvalue weighted by Crippen LogP contribution is 2.20. The quantitative estimate of drug-likeness (QED) is 0.428. The van der Waals surface area contributed by atoms with Gasteiger partial charge < -0.3 is 15.0 Å². The van der Waals surface area contributed by atoms with Gasteiger partial charge in [0.2, 0.25) is 11.8 Å². The van der Waals surface area contributed by atoms with Gasteiger partial charge in [-0.25, -0.2) is 4.79 Å². The summed E-state index contributed by atoms with van der Waals surface area (Å²) in [5.74, 6) is -1.76. The third-order valence-electron chi connectivity index (χ3n) is 4.29. The topological polar surface area (TPSA) is 75.7 Å². The Labute approximate surface area is 196 Å². The summed E-state index contributed by atoms with van der Waals surface area (Å²) in [5.41, 5.74) is 0.615. The molecule has 2 aromatic carbocycles. The number of halogens is 2. The minimum absolute atomic E-state index is 0.123. The van der Waals surface area contributed by atoms with E-state index in [1.54, 1.807) is 30.3 Å². The van der Waals surface area contributed by atoms with Gasteiger partial charge in [-0.2, -0.15) is 0 Å². The fraction of sp³-hybridized carbons (Fsp3) is 0.348. The molecule has 1 atom stereocenters. The molecule has 6 nitrogen and oxygen atoms in total. The molecule has 1 N–H and O–H groups in total. The minimum atomic E-state index is -1.05. The molecule has 8 heteroatoms. The zero-order valence-corrected chi connectivity index (χ0v) is 20.1. The van der Waals surface area contributed by atoms with Crippen LogP contribution >= 0.6 is 27.5 Å². The molecule has 0 fully saturated rings. The number of nitrogens with one attached hydrogen (secondary N) is 1. The third-order valence-corrected chi connectivity index (χ3v) is 5.29. The number of rotatable bonds is 8. The average molecular weight is 510 g/mol. The Balaban J connectivity index is 2.31. The van der Waals surface area contributed by atoms with Crippen molar-refractivity contribution < 1.29 is 19.1 Å². The Morgan fingerprint density at radius 1 is 1.06 bits per heavy atom. The molecule has 31 heavy (non-hydrogen) atoms. The largest absolute Gasteiger partial charge is 0.459 e. The fourth-order valence-corrected chi connectivity index (χ4v) is 3.40. The van der Waals surface area contributed by atoms with E-state index in [4.69, 9.17) is 16.3 Å². The van der Waals surface area contributed by atoms with Crippen molar-refractivity contribution in [3.63, 3.8) is 0 Å². The standard InChI is InChI=1S/C23H26BrClN2O4/c1-23(2,3)26-21(29)19(15-31-22(30)16-9-5-4-6-10-16)27(20(28)13-25)14-17-11-7-8-12-18(17)24/h4-12,19H,13-15H2,1-3H3,(H,26,29). The first-order valence-corrected chi connectivity index (χ1v) is 11.1. The lowest BCUT2D eigenvalue weighted by molar-refractivity contribution is -0.141. The van der Waals surface area contributed by atoms with Crippen molar-refractivity contribution >= 4 is 45.3 Å². The van der Waals surface area contributed by atoms with Crippen LogP contribution in [-0.2, 0) is 20.9 Å². The fourth-order valence-electron chi connectivity index (χ4n) is 2.83. The van der Waals surface area contributed by atoms with E-state index < -0.39 is 29.4 Å². The average Bonchev–Trinajstić information content (AvgIpc) is 2.73. The number of benzene rings is 2. The molecule has 1 unspecified atom stereocenters. The van der Waals surface area contributed by atoms with E-state index in [1.807, 2.05) is 45.0 Å². The van der Waals surface area contributed by atoms with Crippen molar-refractivity contribution in [2.45, 2.75) is 38.9 Å². The minimum Gasteiger partial charge on any atom is -0.459 e. The van der Waals surface area contributed by atoms with Crippen LogP contribution in [0.2, 0.25) is 0 Å². The van der Waals surface area contributed by atoms with Gasteiger partial charge in [0.15, 0.2) is 0 Å². The summed E-state index contributed by atoms with van der Waals surface area (Å²) in [6.45, 7) is 5.32. The maximum Gasteiger partial charge on any atom is 0.338 e. The Morgan fingerprint density at radius 3 is 2.26 bits per heavy atom. The lowest BCUT2D eigenvalue weighted by Gasteiger charge is -2.33. The molecule has 0 saturated heterocycles. The molecular formula is C23H26BrClN2O4. The highest BCUT2D eigenvalue weighted by molar-refractivity contribution is 9.10. The molecule has 0 heterocycles. The molecule has 2 amide bonds. The van der Waals surface area contributed by atoms with Crippen molar-refractivity contribution in [2.24, 2.45) is 0 Å². The van der Waals surface area contributed by atoms with E-state index in [0.717, 1.165) is 10.0 Å². The van der Waals surface area contributed by atoms with Gasteiger partial charge in [-0.3, -0.25) is 9.59 Å². The smallest absolute Gasteiger partial charge is 0.338 e. The third kappa shape index (κ3) is 7.67. The zero-order chi connectivity index (χ0) is 23.0. The molecule has 0 spiro atoms. The second kappa shape index (κ2) is 11.3. The number of nitrogens with zero attached hydrogens (tertiary/aromatic N) is 1. The molecular weight excluding hydrogens is 484 g/mol. The van der Waals surface area contributed by atoms with Gasteiger partial charge in [0, 0.05) is 16.6 Å². The number of carbonyl (C=O) groups excluding carboxylic acids is 3. The molecule has 0 radical (unpaired) electrons. The summed E-state index contributed by atoms with van der Waals surface area (Å²) in [6.07, 6.45) is 0. The van der Waals surface area contributed by atoms with Gasteiger partial charge in [0.25, 0.3) is 0 Å². The highest BCUT2D eigenvalue weighted by Gasteiger charge is 2.33. The van der Waals surface area contributed by atoms with E-state index >= 15 is 0 Å². The summed E-state index contributed by atoms with van der Waals surface area (Å²) in [7, 11) is 0. The van der Waals surface area contributed by atoms with Crippen LogP contribution in [-0.4, -0.2) is 46.8 Å². The summed E-state index contributed by atoms with van der Waals surface area (Å²) < 4.78 is 6.21. The SMILES string of the molecule is CC(C)(C)NC(=O)C(COC(=O)c1ccccc1)N(Cc1ccccc1Br)C(=O)CCl. The second-order valence-corrected chi connectivity index (χ2v) is 9.09. The molecule has 2 aromatic rings. The molecule has 0 aromatic heterocycles. The monoisotopic (exact) mass is 508 g/mol. The van der Waals surface area contributed by atoms with Crippen LogP contribution in [0.1, 0.15) is 36.7 Å². The predicted molar refractivity (Wildman–Crippen MR) is 124 cm³/mol. The van der Waals surface area contributed by atoms with Gasteiger partial charge in [-0.15, -0.1) is 11.6 Å². The predicted octanol–water partition coefficient (Wildman–Crippen LogP) is 4.16. The van der Waals surface area contributed by atoms with Crippen molar-refractivity contribution in [1.82, 2.24) is 10.2 Å². The van der Waals surface area contributed by atoms with Gasteiger partial charge in [0.1, 0.15) is 18.5 Å². The first-order chi connectivity index (χ1) is 14.6. The van der Waals surface area contributed by atoms with E-state index in [0.29, 0.717) is 5.56 Å². The van der Waals surface area contributed by atoms with Crippen LogP contribution in [0.3, 0.4) is 0 Å². The summed E-state index contributed by atoms with van der Waals surface area (Å²) >= 11 is 9.32. The molecule has 0 saturated carbocycles. The number of hydrogen-bond donors (Lipinski definition) is 1. The van der Waals surface area contributed by atoms with Crippen LogP contribution < -0.4 is 5.32 Å². The lowest BCUT2D eigenvalue weighted by Crippen LogP contribution is -2.55. The maximum atomic E-state index is 13.1. The molecule has 0 bridgehead atoms. The normalized spacial score (nSPS) is 12.0. The molecule has 0 aliphatic rings. The number of hydrogen-bond acceptors (Lipinski definition) is 4. The maximum absolute atomic E-state index is 13.1. The van der Waals surface area contributed by atoms with E-state index in [9.17, 15) is 14.4 Å². The van der Waals surface area contributed by atoms with Crippen LogP contribution in [0, 0.1) is 0 Å². The summed E-state index contributed by atoms with van der Waals surface area (Å²) in [6, 6.07) is 14.8. The van der Waals surface area contributed by atoms with Crippen molar-refractivity contribution in [3.8, 4) is 0 Å². The van der Waals surface area contributed by atoms with Crippen molar-refractivity contribution in [2.75, 3.05) is 12.5 Å². The molecule has 0 aliphatic carbocycles. The van der Waals surface area contributed by atoms with Gasteiger partial charge in [-0.1, -0.05) is 52.3 Å². The Kier molecular flexibility index (Phi) is 9.07. The van der Waals surface area contributed by atoms with E-state index in [1.165, 1.54) is 4.90 Å². The van der Waals surface area contributed by atoms with Crippen LogP contribution in [0.25, 0.3) is 0 Å². The molecule has 0 aliphatic heterocycles. The number of esters is 1. The second-order valence-electron chi connectivity index (χ2n) is 7.97. The Morgan fingerprint density at radius 2 is 1.68 bits per heavy atom. The number of carbonyl (C=O) groups is 3. The van der Waals surface area contributed by atoms with Gasteiger partial charge in [0.05, 0.1) is 5.56 Å². The van der Waals surface area contributed by atoms with Crippen LogP contribution in [0.5, 0.6) is 0 Å².